The van der Waals surface area contributed by atoms with Crippen molar-refractivity contribution in [1.82, 2.24) is 5.32 Å². The zero-order valence-electron chi connectivity index (χ0n) is 14.0. The van der Waals surface area contributed by atoms with Crippen molar-refractivity contribution in [2.24, 2.45) is 0 Å². The van der Waals surface area contributed by atoms with Crippen LogP contribution in [0.2, 0.25) is 0 Å². The van der Waals surface area contributed by atoms with Crippen LogP contribution in [0.15, 0.2) is 53.4 Å². The van der Waals surface area contributed by atoms with Gasteiger partial charge in [0.2, 0.25) is 0 Å². The van der Waals surface area contributed by atoms with E-state index in [2.05, 4.69) is 5.32 Å². The Morgan fingerprint density at radius 2 is 1.77 bits per heavy atom. The van der Waals surface area contributed by atoms with Gasteiger partial charge in [0.15, 0.2) is 6.61 Å². The number of ether oxygens (including phenoxy) is 1. The molecule has 0 atom stereocenters. The number of hydrogen-bond donors (Lipinski definition) is 2. The molecule has 2 rings (SSSR count). The molecular formula is C18H17FN2O4S. The second kappa shape index (κ2) is 9.57. The Morgan fingerprint density at radius 3 is 2.46 bits per heavy atom. The number of nitrogens with one attached hydrogen (secondary N) is 2. The topological polar surface area (TPSA) is 84.5 Å². The number of esters is 1. The van der Waals surface area contributed by atoms with Gasteiger partial charge in [0.1, 0.15) is 5.82 Å². The van der Waals surface area contributed by atoms with Crippen LogP contribution < -0.4 is 10.6 Å². The molecule has 26 heavy (non-hydrogen) atoms. The lowest BCUT2D eigenvalue weighted by atomic mass is 10.2. The Labute approximate surface area is 154 Å². The van der Waals surface area contributed by atoms with Crippen LogP contribution in [0.1, 0.15) is 5.56 Å². The molecule has 0 fully saturated rings. The predicted octanol–water partition coefficient (Wildman–Crippen LogP) is 3.12. The number of aryl methyl sites for hydroxylation is 1. The first-order chi connectivity index (χ1) is 12.4. The maximum atomic E-state index is 13.4. The molecule has 0 saturated heterocycles. The summed E-state index contributed by atoms with van der Waals surface area (Å²) in [5.74, 6) is -1.99. The lowest BCUT2D eigenvalue weighted by Crippen LogP contribution is -2.37. The van der Waals surface area contributed by atoms with E-state index in [9.17, 15) is 18.8 Å². The van der Waals surface area contributed by atoms with Gasteiger partial charge >= 0.3 is 12.0 Å². The average Bonchev–Trinajstić information content (AvgIpc) is 2.61. The van der Waals surface area contributed by atoms with E-state index in [4.69, 9.17) is 4.74 Å². The van der Waals surface area contributed by atoms with Gasteiger partial charge in [-0.2, -0.15) is 0 Å². The fraction of sp³-hybridized carbons (Fsp3) is 0.167. The van der Waals surface area contributed by atoms with Gasteiger partial charge in [0.25, 0.3) is 5.91 Å². The van der Waals surface area contributed by atoms with E-state index < -0.39 is 30.3 Å². The molecule has 0 bridgehead atoms. The number of benzene rings is 2. The lowest BCUT2D eigenvalue weighted by molar-refractivity contribution is -0.145. The maximum Gasteiger partial charge on any atom is 0.326 e. The maximum absolute atomic E-state index is 13.4. The largest absolute Gasteiger partial charge is 0.455 e. The molecule has 0 unspecified atom stereocenters. The van der Waals surface area contributed by atoms with Gasteiger partial charge < -0.3 is 10.1 Å². The standard InChI is InChI=1S/C18H17FN2O4S/c1-12-6-8-13(9-7-12)26-11-17(23)25-10-16(22)21-18(24)20-15-5-3-2-4-14(15)19/h2-9H,10-11H2,1H3,(H2,20,21,22,24). The summed E-state index contributed by atoms with van der Waals surface area (Å²) < 4.78 is 18.2. The van der Waals surface area contributed by atoms with Crippen LogP contribution in [0.4, 0.5) is 14.9 Å². The number of hydrogen-bond acceptors (Lipinski definition) is 5. The molecule has 0 aliphatic heterocycles. The molecule has 3 amide bonds. The highest BCUT2D eigenvalue weighted by Gasteiger charge is 2.12. The van der Waals surface area contributed by atoms with Gasteiger partial charge in [-0.1, -0.05) is 29.8 Å². The predicted molar refractivity (Wildman–Crippen MR) is 96.4 cm³/mol. The van der Waals surface area contributed by atoms with Crippen LogP contribution in [0.25, 0.3) is 0 Å². The average molecular weight is 376 g/mol. The van der Waals surface area contributed by atoms with E-state index in [0.717, 1.165) is 10.5 Å². The quantitative estimate of drug-likeness (QED) is 0.598. The van der Waals surface area contributed by atoms with Crippen molar-refractivity contribution >= 4 is 35.4 Å². The van der Waals surface area contributed by atoms with Crippen molar-refractivity contribution in [3.05, 3.63) is 59.9 Å². The van der Waals surface area contributed by atoms with Crippen LogP contribution in [-0.4, -0.2) is 30.3 Å². The number of amides is 3. The number of carbonyl (C=O) groups excluding carboxylic acids is 3. The van der Waals surface area contributed by atoms with Gasteiger partial charge in [-0.25, -0.2) is 9.18 Å². The van der Waals surface area contributed by atoms with Crippen molar-refractivity contribution < 1.29 is 23.5 Å². The molecule has 2 aromatic rings. The van der Waals surface area contributed by atoms with Crippen LogP contribution in [0.5, 0.6) is 0 Å². The van der Waals surface area contributed by atoms with Gasteiger partial charge in [-0.3, -0.25) is 14.9 Å². The summed E-state index contributed by atoms with van der Waals surface area (Å²) in [6.07, 6.45) is 0. The molecular weight excluding hydrogens is 359 g/mol. The zero-order valence-corrected chi connectivity index (χ0v) is 14.8. The van der Waals surface area contributed by atoms with Crippen LogP contribution >= 0.6 is 11.8 Å². The minimum absolute atomic E-state index is 0.0394. The highest BCUT2D eigenvalue weighted by molar-refractivity contribution is 8.00. The molecule has 0 aliphatic rings. The number of halogens is 1. The van der Waals surface area contributed by atoms with E-state index in [1.54, 1.807) is 0 Å². The molecule has 0 heterocycles. The summed E-state index contributed by atoms with van der Waals surface area (Å²) in [5, 5.41) is 4.14. The minimum Gasteiger partial charge on any atom is -0.455 e. The number of urea groups is 1. The number of thioether (sulfide) groups is 1. The van der Waals surface area contributed by atoms with Crippen molar-refractivity contribution in [3.8, 4) is 0 Å². The summed E-state index contributed by atoms with van der Waals surface area (Å²) >= 11 is 1.28. The first-order valence-electron chi connectivity index (χ1n) is 7.64. The summed E-state index contributed by atoms with van der Waals surface area (Å²) in [6.45, 7) is 1.36. The fourth-order valence-corrected chi connectivity index (χ4v) is 2.54. The van der Waals surface area contributed by atoms with Crippen LogP contribution in [0.3, 0.4) is 0 Å². The SMILES string of the molecule is Cc1ccc(SCC(=O)OCC(=O)NC(=O)Nc2ccccc2F)cc1. The number of rotatable bonds is 6. The highest BCUT2D eigenvalue weighted by atomic mass is 32.2. The molecule has 6 nitrogen and oxygen atoms in total. The van der Waals surface area contributed by atoms with E-state index in [-0.39, 0.29) is 11.4 Å². The third kappa shape index (κ3) is 6.56. The summed E-state index contributed by atoms with van der Waals surface area (Å²) in [5.41, 5.74) is 1.05. The number of anilines is 1. The van der Waals surface area contributed by atoms with Gasteiger partial charge in [-0.15, -0.1) is 11.8 Å². The van der Waals surface area contributed by atoms with Gasteiger partial charge in [0.05, 0.1) is 11.4 Å². The molecule has 8 heteroatoms. The summed E-state index contributed by atoms with van der Waals surface area (Å²) in [6, 6.07) is 12.2. The monoisotopic (exact) mass is 376 g/mol. The normalized spacial score (nSPS) is 10.1. The van der Waals surface area contributed by atoms with Crippen molar-refractivity contribution in [2.75, 3.05) is 17.7 Å². The molecule has 0 aromatic heterocycles. The molecule has 2 aromatic carbocycles. The minimum atomic E-state index is -0.912. The van der Waals surface area contributed by atoms with E-state index in [1.165, 1.54) is 36.0 Å². The van der Waals surface area contributed by atoms with Crippen LogP contribution in [0, 0.1) is 12.7 Å². The van der Waals surface area contributed by atoms with E-state index >= 15 is 0 Å². The Morgan fingerprint density at radius 1 is 1.08 bits per heavy atom. The van der Waals surface area contributed by atoms with Crippen molar-refractivity contribution in [1.29, 1.82) is 0 Å². The third-order valence-corrected chi connectivity index (χ3v) is 4.10. The van der Waals surface area contributed by atoms with Crippen LogP contribution in [-0.2, 0) is 14.3 Å². The summed E-state index contributed by atoms with van der Waals surface area (Å²) in [4.78, 5) is 35.7. The van der Waals surface area contributed by atoms with E-state index in [0.29, 0.717) is 0 Å². The summed E-state index contributed by atoms with van der Waals surface area (Å²) in [7, 11) is 0. The van der Waals surface area contributed by atoms with Gasteiger partial charge in [0, 0.05) is 4.90 Å². The lowest BCUT2D eigenvalue weighted by Gasteiger charge is -2.08. The first-order valence-corrected chi connectivity index (χ1v) is 8.63. The molecule has 0 radical (unpaired) electrons. The number of para-hydroxylation sites is 1. The van der Waals surface area contributed by atoms with Crippen molar-refractivity contribution in [3.63, 3.8) is 0 Å². The number of carbonyl (C=O) groups is 3. The second-order valence-corrected chi connectivity index (χ2v) is 6.29. The van der Waals surface area contributed by atoms with Gasteiger partial charge in [-0.05, 0) is 31.2 Å². The molecule has 0 saturated carbocycles. The Kier molecular flexibility index (Phi) is 7.16. The Balaban J connectivity index is 1.69. The highest BCUT2D eigenvalue weighted by Crippen LogP contribution is 2.18. The number of imide groups is 1. The zero-order chi connectivity index (χ0) is 18.9. The van der Waals surface area contributed by atoms with Crippen molar-refractivity contribution in [2.45, 2.75) is 11.8 Å². The third-order valence-electron chi connectivity index (χ3n) is 3.12. The smallest absolute Gasteiger partial charge is 0.326 e. The van der Waals surface area contributed by atoms with E-state index in [1.807, 2.05) is 36.5 Å². The molecule has 136 valence electrons. The molecule has 0 aliphatic carbocycles. The molecule has 2 N–H and O–H groups in total. The molecule has 0 spiro atoms. The second-order valence-electron chi connectivity index (χ2n) is 5.24. The Bertz CT molecular complexity index is 796. The first kappa shape index (κ1) is 19.5. The fourth-order valence-electron chi connectivity index (χ4n) is 1.84. The Hall–Kier alpha value is -2.87.